The summed E-state index contributed by atoms with van der Waals surface area (Å²) in [6.07, 6.45) is 0.828. The minimum absolute atomic E-state index is 0.828. The Hall–Kier alpha value is -2.10. The largest absolute Gasteiger partial charge is 0.370 e. The zero-order valence-corrected chi connectivity index (χ0v) is 12.6. The molecule has 1 aromatic carbocycles. The number of anilines is 3. The quantitative estimate of drug-likeness (QED) is 0.902. The molecule has 4 nitrogen and oxygen atoms in total. The molecule has 0 saturated heterocycles. The summed E-state index contributed by atoms with van der Waals surface area (Å²) in [5.74, 6) is 2.75. The van der Waals surface area contributed by atoms with Crippen LogP contribution in [0.15, 0.2) is 30.3 Å². The molecular formula is C16H22N4. The molecular weight excluding hydrogens is 248 g/mol. The molecule has 0 amide bonds. The number of nitrogens with one attached hydrogen (secondary N) is 1. The van der Waals surface area contributed by atoms with Crippen LogP contribution in [0, 0.1) is 6.92 Å². The molecule has 1 N–H and O–H groups in total. The third-order valence-corrected chi connectivity index (χ3v) is 3.29. The molecule has 0 aliphatic heterocycles. The van der Waals surface area contributed by atoms with E-state index in [0.29, 0.717) is 0 Å². The first-order chi connectivity index (χ1) is 9.67. The van der Waals surface area contributed by atoms with Gasteiger partial charge < -0.3 is 10.2 Å². The van der Waals surface area contributed by atoms with Gasteiger partial charge >= 0.3 is 0 Å². The Morgan fingerprint density at radius 2 is 1.80 bits per heavy atom. The summed E-state index contributed by atoms with van der Waals surface area (Å²) in [4.78, 5) is 11.4. The molecule has 4 heteroatoms. The summed E-state index contributed by atoms with van der Waals surface area (Å²) in [5, 5.41) is 3.32. The van der Waals surface area contributed by atoms with E-state index in [0.717, 1.165) is 41.7 Å². The minimum Gasteiger partial charge on any atom is -0.370 e. The molecule has 1 heterocycles. The molecule has 2 aromatic rings. The van der Waals surface area contributed by atoms with Gasteiger partial charge in [-0.15, -0.1) is 0 Å². The maximum Gasteiger partial charge on any atom is 0.141 e. The third kappa shape index (κ3) is 2.90. The summed E-state index contributed by atoms with van der Waals surface area (Å²) in [6, 6.07) is 10.3. The van der Waals surface area contributed by atoms with Gasteiger partial charge in [0.05, 0.1) is 0 Å². The minimum atomic E-state index is 0.828. The van der Waals surface area contributed by atoms with Gasteiger partial charge in [-0.3, -0.25) is 0 Å². The van der Waals surface area contributed by atoms with Crippen LogP contribution >= 0.6 is 0 Å². The van der Waals surface area contributed by atoms with Crippen LogP contribution in [-0.4, -0.2) is 23.6 Å². The number of benzene rings is 1. The second-order valence-corrected chi connectivity index (χ2v) is 4.72. The molecule has 0 fully saturated rings. The average molecular weight is 270 g/mol. The SMILES string of the molecule is CCNc1nc(CC)nc(N(C)c2ccccc2)c1C. The Labute approximate surface area is 120 Å². The summed E-state index contributed by atoms with van der Waals surface area (Å²) in [5.41, 5.74) is 2.20. The van der Waals surface area contributed by atoms with Crippen molar-refractivity contribution in [2.24, 2.45) is 0 Å². The van der Waals surface area contributed by atoms with Crippen LogP contribution < -0.4 is 10.2 Å². The summed E-state index contributed by atoms with van der Waals surface area (Å²) >= 11 is 0. The topological polar surface area (TPSA) is 41.1 Å². The lowest BCUT2D eigenvalue weighted by Gasteiger charge is -2.22. The molecule has 0 saturated carbocycles. The zero-order valence-electron chi connectivity index (χ0n) is 12.6. The van der Waals surface area contributed by atoms with Crippen molar-refractivity contribution in [2.45, 2.75) is 27.2 Å². The van der Waals surface area contributed by atoms with E-state index in [-0.39, 0.29) is 0 Å². The molecule has 0 radical (unpaired) electrons. The van der Waals surface area contributed by atoms with Crippen LogP contribution in [0.25, 0.3) is 0 Å². The van der Waals surface area contributed by atoms with Gasteiger partial charge in [0.2, 0.25) is 0 Å². The second kappa shape index (κ2) is 6.37. The smallest absolute Gasteiger partial charge is 0.141 e. The molecule has 1 aromatic heterocycles. The van der Waals surface area contributed by atoms with Crippen molar-refractivity contribution < 1.29 is 0 Å². The fourth-order valence-corrected chi connectivity index (χ4v) is 2.15. The van der Waals surface area contributed by atoms with E-state index in [4.69, 9.17) is 0 Å². The molecule has 2 rings (SSSR count). The number of hydrogen-bond donors (Lipinski definition) is 1. The maximum atomic E-state index is 4.68. The highest BCUT2D eigenvalue weighted by Crippen LogP contribution is 2.28. The maximum absolute atomic E-state index is 4.68. The fraction of sp³-hybridized carbons (Fsp3) is 0.375. The molecule has 0 aliphatic carbocycles. The van der Waals surface area contributed by atoms with Crippen LogP contribution in [0.4, 0.5) is 17.3 Å². The molecule has 0 spiro atoms. The van der Waals surface area contributed by atoms with E-state index in [9.17, 15) is 0 Å². The van der Waals surface area contributed by atoms with E-state index in [2.05, 4.69) is 53.1 Å². The van der Waals surface area contributed by atoms with Gasteiger partial charge in [-0.2, -0.15) is 0 Å². The molecule has 0 bridgehead atoms. The highest BCUT2D eigenvalue weighted by atomic mass is 15.2. The van der Waals surface area contributed by atoms with Crippen molar-refractivity contribution in [1.29, 1.82) is 0 Å². The number of aryl methyl sites for hydroxylation is 1. The van der Waals surface area contributed by atoms with Crippen LogP contribution in [0.5, 0.6) is 0 Å². The van der Waals surface area contributed by atoms with Gasteiger partial charge in [0, 0.05) is 31.3 Å². The predicted octanol–water partition coefficient (Wildman–Crippen LogP) is 3.55. The lowest BCUT2D eigenvalue weighted by atomic mass is 10.2. The van der Waals surface area contributed by atoms with Crippen molar-refractivity contribution in [3.63, 3.8) is 0 Å². The first-order valence-electron chi connectivity index (χ1n) is 7.07. The van der Waals surface area contributed by atoms with Crippen LogP contribution in [0.3, 0.4) is 0 Å². The van der Waals surface area contributed by atoms with Crippen LogP contribution in [-0.2, 0) is 6.42 Å². The van der Waals surface area contributed by atoms with Crippen molar-refractivity contribution in [3.05, 3.63) is 41.7 Å². The number of para-hydroxylation sites is 1. The van der Waals surface area contributed by atoms with E-state index in [1.165, 1.54) is 0 Å². The lowest BCUT2D eigenvalue weighted by Crippen LogP contribution is -2.16. The Balaban J connectivity index is 2.47. The highest BCUT2D eigenvalue weighted by Gasteiger charge is 2.14. The van der Waals surface area contributed by atoms with Crippen LogP contribution in [0.2, 0.25) is 0 Å². The van der Waals surface area contributed by atoms with E-state index in [1.807, 2.05) is 25.2 Å². The van der Waals surface area contributed by atoms with Crippen molar-refractivity contribution in [2.75, 3.05) is 23.8 Å². The molecule has 0 unspecified atom stereocenters. The Bertz CT molecular complexity index is 566. The predicted molar refractivity (Wildman–Crippen MR) is 84.8 cm³/mol. The summed E-state index contributed by atoms with van der Waals surface area (Å²) < 4.78 is 0. The molecule has 106 valence electrons. The van der Waals surface area contributed by atoms with E-state index < -0.39 is 0 Å². The van der Waals surface area contributed by atoms with Gasteiger partial charge in [0.1, 0.15) is 17.5 Å². The standard InChI is InChI=1S/C16H22N4/c1-5-14-18-15(17-6-2)12(3)16(19-14)20(4)13-10-8-7-9-11-13/h7-11H,5-6H2,1-4H3,(H,17,18,19). The van der Waals surface area contributed by atoms with Gasteiger partial charge in [-0.05, 0) is 26.0 Å². The first kappa shape index (κ1) is 14.3. The van der Waals surface area contributed by atoms with Crippen molar-refractivity contribution in [3.8, 4) is 0 Å². The van der Waals surface area contributed by atoms with Gasteiger partial charge in [-0.25, -0.2) is 9.97 Å². The Morgan fingerprint density at radius 3 is 2.40 bits per heavy atom. The first-order valence-corrected chi connectivity index (χ1v) is 7.07. The number of aromatic nitrogens is 2. The zero-order chi connectivity index (χ0) is 14.5. The van der Waals surface area contributed by atoms with Gasteiger partial charge in [-0.1, -0.05) is 25.1 Å². The number of rotatable bonds is 5. The molecule has 0 atom stereocenters. The van der Waals surface area contributed by atoms with Crippen molar-refractivity contribution in [1.82, 2.24) is 9.97 Å². The van der Waals surface area contributed by atoms with Gasteiger partial charge in [0.25, 0.3) is 0 Å². The number of hydrogen-bond acceptors (Lipinski definition) is 4. The van der Waals surface area contributed by atoms with E-state index >= 15 is 0 Å². The average Bonchev–Trinajstić information content (AvgIpc) is 2.49. The number of nitrogens with zero attached hydrogens (tertiary/aromatic N) is 3. The lowest BCUT2D eigenvalue weighted by molar-refractivity contribution is 0.912. The van der Waals surface area contributed by atoms with Crippen LogP contribution in [0.1, 0.15) is 25.2 Å². The summed E-state index contributed by atoms with van der Waals surface area (Å²) in [6.45, 7) is 7.07. The van der Waals surface area contributed by atoms with Crippen molar-refractivity contribution >= 4 is 17.3 Å². The molecule has 0 aliphatic rings. The normalized spacial score (nSPS) is 10.4. The highest BCUT2D eigenvalue weighted by molar-refractivity contribution is 5.66. The monoisotopic (exact) mass is 270 g/mol. The Morgan fingerprint density at radius 1 is 1.10 bits per heavy atom. The fourth-order valence-electron chi connectivity index (χ4n) is 2.15. The molecule has 20 heavy (non-hydrogen) atoms. The van der Waals surface area contributed by atoms with E-state index in [1.54, 1.807) is 0 Å². The summed E-state index contributed by atoms with van der Waals surface area (Å²) in [7, 11) is 2.04. The third-order valence-electron chi connectivity index (χ3n) is 3.29. The Kier molecular flexibility index (Phi) is 4.56. The van der Waals surface area contributed by atoms with Gasteiger partial charge in [0.15, 0.2) is 0 Å². The second-order valence-electron chi connectivity index (χ2n) is 4.72.